The van der Waals surface area contributed by atoms with Crippen LogP contribution in [-0.2, 0) is 6.54 Å². The molecule has 3 heteroatoms. The molecule has 1 unspecified atom stereocenters. The Kier molecular flexibility index (Phi) is 3.90. The van der Waals surface area contributed by atoms with E-state index in [-0.39, 0.29) is 0 Å². The number of hydrogen-bond acceptors (Lipinski definition) is 1. The van der Waals surface area contributed by atoms with Gasteiger partial charge in [0.2, 0.25) is 0 Å². The highest BCUT2D eigenvalue weighted by Crippen LogP contribution is 2.35. The minimum atomic E-state index is 0.303. The van der Waals surface area contributed by atoms with Crippen LogP contribution in [0.5, 0.6) is 0 Å². The fourth-order valence-corrected chi connectivity index (χ4v) is 2.07. The second kappa shape index (κ2) is 5.20. The van der Waals surface area contributed by atoms with Crippen LogP contribution in [0, 0.1) is 5.92 Å². The van der Waals surface area contributed by atoms with E-state index in [4.69, 9.17) is 23.2 Å². The summed E-state index contributed by atoms with van der Waals surface area (Å²) in [6, 6.07) is 7.90. The molecule has 0 spiro atoms. The minimum Gasteiger partial charge on any atom is -0.311 e. The van der Waals surface area contributed by atoms with Crippen molar-refractivity contribution in [1.29, 1.82) is 0 Å². The Labute approximate surface area is 101 Å². The van der Waals surface area contributed by atoms with Gasteiger partial charge in [-0.1, -0.05) is 23.7 Å². The van der Waals surface area contributed by atoms with E-state index in [0.29, 0.717) is 5.38 Å². The fourth-order valence-electron chi connectivity index (χ4n) is 1.58. The van der Waals surface area contributed by atoms with Gasteiger partial charge >= 0.3 is 0 Å². The Morgan fingerprint density at radius 1 is 1.27 bits per heavy atom. The predicted octanol–water partition coefficient (Wildman–Crippen LogP) is 3.45. The van der Waals surface area contributed by atoms with Gasteiger partial charge in [0.05, 0.1) is 0 Å². The summed E-state index contributed by atoms with van der Waals surface area (Å²) in [6.45, 7) is 1.77. The highest BCUT2D eigenvalue weighted by atomic mass is 35.5. The molecule has 1 saturated carbocycles. The van der Waals surface area contributed by atoms with Crippen LogP contribution in [0.25, 0.3) is 0 Å². The third-order valence-electron chi connectivity index (χ3n) is 2.72. The van der Waals surface area contributed by atoms with E-state index in [1.165, 1.54) is 18.4 Å². The number of rotatable bonds is 5. The Hall–Kier alpha value is -0.240. The van der Waals surface area contributed by atoms with Gasteiger partial charge < -0.3 is 5.32 Å². The lowest BCUT2D eigenvalue weighted by molar-refractivity contribution is 0.620. The van der Waals surface area contributed by atoms with Crippen LogP contribution in [0.15, 0.2) is 24.3 Å². The minimum absolute atomic E-state index is 0.303. The highest BCUT2D eigenvalue weighted by Gasteiger charge is 2.28. The molecule has 82 valence electrons. The van der Waals surface area contributed by atoms with Crippen LogP contribution in [0.3, 0.4) is 0 Å². The van der Waals surface area contributed by atoms with E-state index in [1.54, 1.807) is 0 Å². The van der Waals surface area contributed by atoms with E-state index in [2.05, 4.69) is 5.32 Å². The zero-order valence-electron chi connectivity index (χ0n) is 8.55. The maximum atomic E-state index is 6.19. The van der Waals surface area contributed by atoms with Crippen molar-refractivity contribution in [3.8, 4) is 0 Å². The Morgan fingerprint density at radius 3 is 2.53 bits per heavy atom. The second-order valence-corrected chi connectivity index (χ2v) is 5.11. The van der Waals surface area contributed by atoms with Crippen LogP contribution >= 0.6 is 23.2 Å². The molecule has 0 heterocycles. The quantitative estimate of drug-likeness (QED) is 0.782. The fraction of sp³-hybridized carbons (Fsp3) is 0.500. The predicted molar refractivity (Wildman–Crippen MR) is 65.5 cm³/mol. The van der Waals surface area contributed by atoms with Crippen molar-refractivity contribution < 1.29 is 0 Å². The van der Waals surface area contributed by atoms with Gasteiger partial charge in [-0.15, -0.1) is 11.6 Å². The average Bonchev–Trinajstić information content (AvgIpc) is 3.04. The van der Waals surface area contributed by atoms with Crippen molar-refractivity contribution in [2.24, 2.45) is 5.92 Å². The molecular weight excluding hydrogens is 229 g/mol. The van der Waals surface area contributed by atoms with Crippen molar-refractivity contribution in [2.75, 3.05) is 6.54 Å². The molecule has 0 aliphatic heterocycles. The first kappa shape index (κ1) is 11.3. The molecule has 1 nitrogen and oxygen atoms in total. The molecule has 0 saturated heterocycles. The number of hydrogen-bond donors (Lipinski definition) is 1. The summed E-state index contributed by atoms with van der Waals surface area (Å²) in [4.78, 5) is 0. The van der Waals surface area contributed by atoms with Crippen molar-refractivity contribution in [3.63, 3.8) is 0 Å². The van der Waals surface area contributed by atoms with Gasteiger partial charge in [-0.3, -0.25) is 0 Å². The summed E-state index contributed by atoms with van der Waals surface area (Å²) in [7, 11) is 0. The Balaban J connectivity index is 1.70. The lowest BCUT2D eigenvalue weighted by atomic mass is 10.2. The molecule has 1 aliphatic rings. The zero-order valence-corrected chi connectivity index (χ0v) is 10.1. The van der Waals surface area contributed by atoms with Gasteiger partial charge in [-0.25, -0.2) is 0 Å². The molecule has 1 fully saturated rings. The third-order valence-corrected chi connectivity index (χ3v) is 3.48. The van der Waals surface area contributed by atoms with Gasteiger partial charge in [0.15, 0.2) is 0 Å². The van der Waals surface area contributed by atoms with Gasteiger partial charge in [0, 0.05) is 23.5 Å². The Bertz CT molecular complexity index is 306. The molecule has 1 N–H and O–H groups in total. The standard InChI is InChI=1S/C12H15Cl2N/c13-11-5-1-9(2-6-11)7-15-8-12(14)10-3-4-10/h1-2,5-6,10,12,15H,3-4,7-8H2. The molecule has 1 aromatic carbocycles. The van der Waals surface area contributed by atoms with Crippen LogP contribution in [0.1, 0.15) is 18.4 Å². The number of nitrogens with one attached hydrogen (secondary N) is 1. The van der Waals surface area contributed by atoms with E-state index >= 15 is 0 Å². The molecule has 1 aromatic rings. The first-order chi connectivity index (χ1) is 7.25. The van der Waals surface area contributed by atoms with Gasteiger partial charge in [-0.05, 0) is 36.5 Å². The molecule has 1 aliphatic carbocycles. The number of halogens is 2. The third kappa shape index (κ3) is 3.67. The van der Waals surface area contributed by atoms with Crippen molar-refractivity contribution >= 4 is 23.2 Å². The van der Waals surface area contributed by atoms with E-state index < -0.39 is 0 Å². The smallest absolute Gasteiger partial charge is 0.0488 e. The molecule has 0 radical (unpaired) electrons. The molecule has 1 atom stereocenters. The molecule has 15 heavy (non-hydrogen) atoms. The number of benzene rings is 1. The normalized spacial score (nSPS) is 17.7. The first-order valence-corrected chi connectivity index (χ1v) is 6.16. The summed E-state index contributed by atoms with van der Waals surface area (Å²) in [6.07, 6.45) is 2.60. The Morgan fingerprint density at radius 2 is 1.93 bits per heavy atom. The topological polar surface area (TPSA) is 12.0 Å². The van der Waals surface area contributed by atoms with Crippen LogP contribution in [0.2, 0.25) is 5.02 Å². The maximum Gasteiger partial charge on any atom is 0.0488 e. The zero-order chi connectivity index (χ0) is 10.7. The van der Waals surface area contributed by atoms with Crippen molar-refractivity contribution in [3.05, 3.63) is 34.9 Å². The van der Waals surface area contributed by atoms with Crippen molar-refractivity contribution in [2.45, 2.75) is 24.8 Å². The summed E-state index contributed by atoms with van der Waals surface area (Å²) in [5, 5.41) is 4.45. The largest absolute Gasteiger partial charge is 0.311 e. The average molecular weight is 244 g/mol. The summed E-state index contributed by atoms with van der Waals surface area (Å²) >= 11 is 12.0. The van der Waals surface area contributed by atoms with Gasteiger partial charge in [0.1, 0.15) is 0 Å². The summed E-state index contributed by atoms with van der Waals surface area (Å²) in [5.74, 6) is 0.754. The SMILES string of the molecule is Clc1ccc(CNCC(Cl)C2CC2)cc1. The summed E-state index contributed by atoms with van der Waals surface area (Å²) < 4.78 is 0. The molecule has 0 bridgehead atoms. The van der Waals surface area contributed by atoms with Crippen LogP contribution in [0.4, 0.5) is 0 Å². The van der Waals surface area contributed by atoms with E-state index in [0.717, 1.165) is 24.0 Å². The molecule has 2 rings (SSSR count). The summed E-state index contributed by atoms with van der Waals surface area (Å²) in [5.41, 5.74) is 1.25. The van der Waals surface area contributed by atoms with Gasteiger partial charge in [-0.2, -0.15) is 0 Å². The first-order valence-electron chi connectivity index (χ1n) is 5.35. The number of alkyl halides is 1. The van der Waals surface area contributed by atoms with E-state index in [1.807, 2.05) is 24.3 Å². The molecule has 0 aromatic heterocycles. The van der Waals surface area contributed by atoms with Crippen LogP contribution < -0.4 is 5.32 Å². The van der Waals surface area contributed by atoms with E-state index in [9.17, 15) is 0 Å². The van der Waals surface area contributed by atoms with Crippen LogP contribution in [-0.4, -0.2) is 11.9 Å². The highest BCUT2D eigenvalue weighted by molar-refractivity contribution is 6.30. The monoisotopic (exact) mass is 243 g/mol. The van der Waals surface area contributed by atoms with Crippen molar-refractivity contribution in [1.82, 2.24) is 5.32 Å². The van der Waals surface area contributed by atoms with Gasteiger partial charge in [0.25, 0.3) is 0 Å². The lowest BCUT2D eigenvalue weighted by Crippen LogP contribution is -2.24. The molecular formula is C12H15Cl2N. The molecule has 0 amide bonds. The lowest BCUT2D eigenvalue weighted by Gasteiger charge is -2.09. The maximum absolute atomic E-state index is 6.19. The second-order valence-electron chi connectivity index (χ2n) is 4.11.